The fourth-order valence-electron chi connectivity index (χ4n) is 3.60. The number of pyridine rings is 1. The molecule has 0 saturated heterocycles. The van der Waals surface area contributed by atoms with Crippen molar-refractivity contribution in [1.29, 1.82) is 0 Å². The average Bonchev–Trinajstić information content (AvgIpc) is 2.77. The van der Waals surface area contributed by atoms with Crippen LogP contribution < -0.4 is 15.0 Å². The summed E-state index contributed by atoms with van der Waals surface area (Å²) in [5.74, 6) is -3.44. The predicted octanol–water partition coefficient (Wildman–Crippen LogP) is 3.69. The average molecular weight is 451 g/mol. The van der Waals surface area contributed by atoms with Crippen LogP contribution in [0, 0.1) is 12.7 Å². The Hall–Kier alpha value is -4.47. The van der Waals surface area contributed by atoms with Crippen LogP contribution in [0.15, 0.2) is 42.6 Å². The van der Waals surface area contributed by atoms with Gasteiger partial charge in [0.2, 0.25) is 0 Å². The minimum absolute atomic E-state index is 0.0134. The highest BCUT2D eigenvalue weighted by atomic mass is 19.1. The fraction of sp³-hybridized carbons (Fsp3) is 0.130. The molecule has 1 amide bonds. The lowest BCUT2D eigenvalue weighted by Crippen LogP contribution is -2.35. The van der Waals surface area contributed by atoms with Gasteiger partial charge in [0.25, 0.3) is 5.91 Å². The molecule has 3 N–H and O–H groups in total. The Morgan fingerprint density at radius 1 is 1.12 bits per heavy atom. The number of nitrogens with zero attached hydrogens (tertiary/aromatic N) is 2. The van der Waals surface area contributed by atoms with Gasteiger partial charge in [-0.15, -0.1) is 0 Å². The molecule has 1 aromatic heterocycles. The molecule has 1 aliphatic heterocycles. The van der Waals surface area contributed by atoms with Crippen molar-refractivity contribution in [1.82, 2.24) is 4.98 Å². The van der Waals surface area contributed by atoms with Crippen molar-refractivity contribution < 1.29 is 33.7 Å². The van der Waals surface area contributed by atoms with Crippen molar-refractivity contribution in [3.05, 3.63) is 65.2 Å². The first-order chi connectivity index (χ1) is 15.7. The third-order valence-electron chi connectivity index (χ3n) is 5.25. The van der Waals surface area contributed by atoms with Crippen molar-refractivity contribution in [3.63, 3.8) is 0 Å². The van der Waals surface area contributed by atoms with Gasteiger partial charge in [-0.05, 0) is 37.3 Å². The molecule has 4 rings (SSSR count). The van der Waals surface area contributed by atoms with Crippen LogP contribution in [-0.2, 0) is 4.79 Å². The molecule has 0 fully saturated rings. The summed E-state index contributed by atoms with van der Waals surface area (Å²) < 4.78 is 20.3. The standard InChI is InChI=1S/C23H18FN3O6/c1-11-6-13(15(24)9-25-11)14-7-19-18(27(2)20(28)10-33-19)8-17(14)26-16-5-3-4-12(22(29)30)21(16)23(31)32/h3-9,26H,10H2,1-2H3,(H,29,30)(H,31,32). The minimum atomic E-state index is -1.45. The summed E-state index contributed by atoms with van der Waals surface area (Å²) in [6.07, 6.45) is 1.07. The van der Waals surface area contributed by atoms with Crippen molar-refractivity contribution in [3.8, 4) is 16.9 Å². The van der Waals surface area contributed by atoms with Crippen LogP contribution >= 0.6 is 0 Å². The molecule has 0 atom stereocenters. The number of hydrogen-bond acceptors (Lipinski definition) is 6. The third-order valence-corrected chi connectivity index (χ3v) is 5.25. The van der Waals surface area contributed by atoms with Gasteiger partial charge in [0, 0.05) is 29.6 Å². The van der Waals surface area contributed by atoms with Gasteiger partial charge in [-0.25, -0.2) is 14.0 Å². The van der Waals surface area contributed by atoms with Crippen LogP contribution in [-0.4, -0.2) is 46.7 Å². The first-order valence-electron chi connectivity index (χ1n) is 9.74. The van der Waals surface area contributed by atoms with Crippen molar-refractivity contribution in [2.24, 2.45) is 0 Å². The number of aromatic nitrogens is 1. The molecule has 168 valence electrons. The number of carboxylic acid groups (broad SMARTS) is 2. The number of benzene rings is 2. The third kappa shape index (κ3) is 3.93. The van der Waals surface area contributed by atoms with E-state index in [0.29, 0.717) is 22.7 Å². The number of hydrogen-bond donors (Lipinski definition) is 3. The Kier molecular flexibility index (Phi) is 5.42. The molecule has 0 aliphatic carbocycles. The molecule has 1 aliphatic rings. The Labute approximate surface area is 187 Å². The molecule has 10 heteroatoms. The summed E-state index contributed by atoms with van der Waals surface area (Å²) in [4.78, 5) is 40.9. The lowest BCUT2D eigenvalue weighted by molar-refractivity contribution is -0.120. The maximum Gasteiger partial charge on any atom is 0.338 e. The molecule has 2 aromatic carbocycles. The number of aromatic carboxylic acids is 2. The summed E-state index contributed by atoms with van der Waals surface area (Å²) in [6, 6.07) is 8.56. The van der Waals surface area contributed by atoms with Gasteiger partial charge in [0.15, 0.2) is 6.61 Å². The summed E-state index contributed by atoms with van der Waals surface area (Å²) in [5.41, 5.74) is 0.777. The van der Waals surface area contributed by atoms with E-state index in [4.69, 9.17) is 4.74 Å². The number of carbonyl (C=O) groups excluding carboxylic acids is 1. The highest BCUT2D eigenvalue weighted by molar-refractivity contribution is 6.07. The number of ether oxygens (including phenoxy) is 1. The van der Waals surface area contributed by atoms with E-state index in [1.54, 1.807) is 20.0 Å². The molecule has 3 aromatic rings. The highest BCUT2D eigenvalue weighted by Crippen LogP contribution is 2.43. The number of rotatable bonds is 5. The van der Waals surface area contributed by atoms with Gasteiger partial charge in [-0.2, -0.15) is 0 Å². The number of anilines is 3. The van der Waals surface area contributed by atoms with E-state index in [1.807, 2.05) is 0 Å². The number of aryl methyl sites for hydroxylation is 1. The topological polar surface area (TPSA) is 129 Å². The molecule has 0 unspecified atom stereocenters. The number of carbonyl (C=O) groups is 3. The molecule has 2 heterocycles. The lowest BCUT2D eigenvalue weighted by Gasteiger charge is -2.28. The van der Waals surface area contributed by atoms with Crippen molar-refractivity contribution in [2.75, 3.05) is 23.9 Å². The monoisotopic (exact) mass is 451 g/mol. The summed E-state index contributed by atoms with van der Waals surface area (Å²) in [5, 5.41) is 22.0. The van der Waals surface area contributed by atoms with Gasteiger partial charge in [0.1, 0.15) is 11.6 Å². The van der Waals surface area contributed by atoms with Crippen LogP contribution in [0.3, 0.4) is 0 Å². The Morgan fingerprint density at radius 3 is 2.58 bits per heavy atom. The van der Waals surface area contributed by atoms with Crippen LogP contribution in [0.1, 0.15) is 26.4 Å². The SMILES string of the molecule is Cc1cc(-c2cc3c(cc2Nc2cccc(C(=O)O)c2C(=O)O)N(C)C(=O)CO3)c(F)cn1. The normalized spacial score (nSPS) is 12.7. The maximum absolute atomic E-state index is 14.8. The number of amides is 1. The zero-order chi connectivity index (χ0) is 23.9. The predicted molar refractivity (Wildman–Crippen MR) is 117 cm³/mol. The first kappa shape index (κ1) is 21.8. The van der Waals surface area contributed by atoms with Crippen LogP contribution in [0.4, 0.5) is 21.5 Å². The number of fused-ring (bicyclic) bond motifs is 1. The van der Waals surface area contributed by atoms with E-state index in [-0.39, 0.29) is 29.5 Å². The Morgan fingerprint density at radius 2 is 1.88 bits per heavy atom. The van der Waals surface area contributed by atoms with E-state index < -0.39 is 28.9 Å². The smallest absolute Gasteiger partial charge is 0.338 e. The van der Waals surface area contributed by atoms with Gasteiger partial charge < -0.3 is 25.2 Å². The van der Waals surface area contributed by atoms with E-state index in [1.165, 1.54) is 35.2 Å². The zero-order valence-corrected chi connectivity index (χ0v) is 17.5. The van der Waals surface area contributed by atoms with Crippen LogP contribution in [0.5, 0.6) is 5.75 Å². The molecule has 0 bridgehead atoms. The van der Waals surface area contributed by atoms with Crippen LogP contribution in [0.25, 0.3) is 11.1 Å². The molecular formula is C23H18FN3O6. The molecule has 33 heavy (non-hydrogen) atoms. The minimum Gasteiger partial charge on any atom is -0.482 e. The molecule has 0 radical (unpaired) electrons. The highest BCUT2D eigenvalue weighted by Gasteiger charge is 2.27. The van der Waals surface area contributed by atoms with Gasteiger partial charge in [0.05, 0.1) is 28.7 Å². The van der Waals surface area contributed by atoms with Gasteiger partial charge in [-0.3, -0.25) is 9.78 Å². The fourth-order valence-corrected chi connectivity index (χ4v) is 3.60. The second kappa shape index (κ2) is 8.23. The summed E-state index contributed by atoms with van der Waals surface area (Å²) in [7, 11) is 1.55. The van der Waals surface area contributed by atoms with E-state index in [9.17, 15) is 29.0 Å². The zero-order valence-electron chi connectivity index (χ0n) is 17.5. The molecule has 0 saturated carbocycles. The molecular weight excluding hydrogens is 433 g/mol. The summed E-state index contributed by atoms with van der Waals surface area (Å²) in [6.45, 7) is 1.51. The van der Waals surface area contributed by atoms with Crippen molar-refractivity contribution >= 4 is 34.9 Å². The van der Waals surface area contributed by atoms with Gasteiger partial charge >= 0.3 is 11.9 Å². The second-order valence-electron chi connectivity index (χ2n) is 7.38. The van der Waals surface area contributed by atoms with E-state index >= 15 is 0 Å². The first-order valence-corrected chi connectivity index (χ1v) is 9.74. The molecule has 9 nitrogen and oxygen atoms in total. The van der Waals surface area contributed by atoms with Gasteiger partial charge in [-0.1, -0.05) is 6.07 Å². The quantitative estimate of drug-likeness (QED) is 0.536. The van der Waals surface area contributed by atoms with E-state index in [2.05, 4.69) is 10.3 Å². The number of likely N-dealkylation sites (N-methyl/N-ethyl adjacent to an activating group) is 1. The van der Waals surface area contributed by atoms with E-state index in [0.717, 1.165) is 6.20 Å². The Bertz CT molecular complexity index is 1320. The summed E-state index contributed by atoms with van der Waals surface area (Å²) >= 11 is 0. The number of nitrogens with one attached hydrogen (secondary N) is 1. The number of halogens is 1. The lowest BCUT2D eigenvalue weighted by atomic mass is 9.99. The number of carboxylic acids is 2. The Balaban J connectivity index is 1.95. The second-order valence-corrected chi connectivity index (χ2v) is 7.38. The molecule has 0 spiro atoms. The van der Waals surface area contributed by atoms with Crippen LogP contribution in [0.2, 0.25) is 0 Å². The maximum atomic E-state index is 14.8. The largest absolute Gasteiger partial charge is 0.482 e. The van der Waals surface area contributed by atoms with Crippen molar-refractivity contribution in [2.45, 2.75) is 6.92 Å².